The zero-order chi connectivity index (χ0) is 12.3. The Morgan fingerprint density at radius 1 is 0.765 bits per heavy atom. The first-order chi connectivity index (χ1) is 8.17. The minimum absolute atomic E-state index is 0.118. The van der Waals surface area contributed by atoms with Crippen LogP contribution in [-0.4, -0.2) is 7.11 Å². The van der Waals surface area contributed by atoms with Crippen molar-refractivity contribution in [1.29, 1.82) is 0 Å². The lowest BCUT2D eigenvalue weighted by Gasteiger charge is -2.06. The van der Waals surface area contributed by atoms with Crippen LogP contribution in [0.4, 0.5) is 8.78 Å². The highest BCUT2D eigenvalue weighted by Crippen LogP contribution is 2.24. The minimum atomic E-state index is -0.673. The highest BCUT2D eigenvalue weighted by molar-refractivity contribution is 5.35. The van der Waals surface area contributed by atoms with Crippen LogP contribution in [0, 0.1) is 11.6 Å². The first-order valence-corrected chi connectivity index (χ1v) is 4.95. The van der Waals surface area contributed by atoms with Crippen LogP contribution in [-0.2, 0) is 0 Å². The summed E-state index contributed by atoms with van der Waals surface area (Å²) in [6.07, 6.45) is 0. The molecule has 0 aliphatic carbocycles. The molecule has 2 rings (SSSR count). The summed E-state index contributed by atoms with van der Waals surface area (Å²) >= 11 is 0. The van der Waals surface area contributed by atoms with E-state index in [4.69, 9.17) is 9.47 Å². The van der Waals surface area contributed by atoms with Crippen LogP contribution >= 0.6 is 0 Å². The minimum Gasteiger partial charge on any atom is -0.497 e. The van der Waals surface area contributed by atoms with Crippen LogP contribution in [0.5, 0.6) is 17.2 Å². The first kappa shape index (κ1) is 11.4. The van der Waals surface area contributed by atoms with Crippen LogP contribution in [0.15, 0.2) is 42.5 Å². The smallest absolute Gasteiger partial charge is 0.133 e. The Labute approximate surface area is 97.4 Å². The Morgan fingerprint density at radius 3 is 1.82 bits per heavy atom. The monoisotopic (exact) mass is 236 g/mol. The Balaban J connectivity index is 2.19. The van der Waals surface area contributed by atoms with Crippen LogP contribution in [0.25, 0.3) is 0 Å². The molecule has 0 bridgehead atoms. The van der Waals surface area contributed by atoms with Crippen LogP contribution in [0.3, 0.4) is 0 Å². The highest BCUT2D eigenvalue weighted by atomic mass is 19.1. The summed E-state index contributed by atoms with van der Waals surface area (Å²) in [5, 5.41) is 0. The van der Waals surface area contributed by atoms with Gasteiger partial charge in [-0.25, -0.2) is 8.78 Å². The molecule has 4 heteroatoms. The van der Waals surface area contributed by atoms with E-state index < -0.39 is 11.6 Å². The van der Waals surface area contributed by atoms with Gasteiger partial charge in [0, 0.05) is 18.2 Å². The average Bonchev–Trinajstić information content (AvgIpc) is 2.28. The first-order valence-electron chi connectivity index (χ1n) is 4.95. The van der Waals surface area contributed by atoms with Gasteiger partial charge < -0.3 is 9.47 Å². The fourth-order valence-corrected chi connectivity index (χ4v) is 1.37. The molecule has 88 valence electrons. The molecule has 0 radical (unpaired) electrons. The largest absolute Gasteiger partial charge is 0.497 e. The number of rotatable bonds is 3. The molecule has 0 saturated carbocycles. The molecule has 0 aliphatic heterocycles. The van der Waals surface area contributed by atoms with Gasteiger partial charge in [0.25, 0.3) is 0 Å². The molecule has 0 heterocycles. The molecule has 0 unspecified atom stereocenters. The standard InChI is InChI=1S/C13H10F2O2/c1-16-11-2-4-12(5-3-11)17-13-7-9(14)6-10(15)8-13/h2-8H,1H3. The van der Waals surface area contributed by atoms with Crippen LogP contribution in [0.1, 0.15) is 0 Å². The predicted molar refractivity (Wildman–Crippen MR) is 59.4 cm³/mol. The van der Waals surface area contributed by atoms with E-state index in [9.17, 15) is 8.78 Å². The van der Waals surface area contributed by atoms with E-state index >= 15 is 0 Å². The maximum absolute atomic E-state index is 12.9. The predicted octanol–water partition coefficient (Wildman–Crippen LogP) is 3.77. The molecule has 2 nitrogen and oxygen atoms in total. The number of benzene rings is 2. The number of ether oxygens (including phenoxy) is 2. The normalized spacial score (nSPS) is 10.1. The van der Waals surface area contributed by atoms with Gasteiger partial charge in [0.15, 0.2) is 0 Å². The molecule has 2 aromatic rings. The van der Waals surface area contributed by atoms with Crippen molar-refractivity contribution in [3.63, 3.8) is 0 Å². The molecule has 0 spiro atoms. The van der Waals surface area contributed by atoms with Crippen molar-refractivity contribution in [2.24, 2.45) is 0 Å². The van der Waals surface area contributed by atoms with E-state index in [0.717, 1.165) is 18.2 Å². The van der Waals surface area contributed by atoms with Gasteiger partial charge in [0.2, 0.25) is 0 Å². The van der Waals surface area contributed by atoms with E-state index in [1.807, 2.05) is 0 Å². The molecule has 17 heavy (non-hydrogen) atoms. The Morgan fingerprint density at radius 2 is 1.29 bits per heavy atom. The van der Waals surface area contributed by atoms with E-state index in [1.54, 1.807) is 31.4 Å². The lowest BCUT2D eigenvalue weighted by Crippen LogP contribution is -1.88. The summed E-state index contributed by atoms with van der Waals surface area (Å²) in [5.74, 6) is -0.0618. The molecule has 0 N–H and O–H groups in total. The number of hydrogen-bond acceptors (Lipinski definition) is 2. The van der Waals surface area contributed by atoms with Crippen molar-refractivity contribution in [1.82, 2.24) is 0 Å². The molecule has 2 aromatic carbocycles. The summed E-state index contributed by atoms with van der Waals surface area (Å²) in [4.78, 5) is 0. The van der Waals surface area contributed by atoms with Gasteiger partial charge in [-0.2, -0.15) is 0 Å². The SMILES string of the molecule is COc1ccc(Oc2cc(F)cc(F)c2)cc1. The zero-order valence-electron chi connectivity index (χ0n) is 9.11. The second-order valence-electron chi connectivity index (χ2n) is 3.38. The van der Waals surface area contributed by atoms with Crippen molar-refractivity contribution >= 4 is 0 Å². The van der Waals surface area contributed by atoms with Crippen LogP contribution in [0.2, 0.25) is 0 Å². The Hall–Kier alpha value is -2.10. The van der Waals surface area contributed by atoms with E-state index in [0.29, 0.717) is 11.5 Å². The third-order valence-corrected chi connectivity index (χ3v) is 2.13. The summed E-state index contributed by atoms with van der Waals surface area (Å²) in [5.41, 5.74) is 0. The van der Waals surface area contributed by atoms with E-state index in [2.05, 4.69) is 0 Å². The van der Waals surface area contributed by atoms with Crippen LogP contribution < -0.4 is 9.47 Å². The van der Waals surface area contributed by atoms with Crippen molar-refractivity contribution < 1.29 is 18.3 Å². The molecule has 0 fully saturated rings. The molecule has 0 amide bonds. The second kappa shape index (κ2) is 4.82. The quantitative estimate of drug-likeness (QED) is 0.807. The molecule has 0 aromatic heterocycles. The van der Waals surface area contributed by atoms with Gasteiger partial charge in [-0.15, -0.1) is 0 Å². The summed E-state index contributed by atoms with van der Waals surface area (Å²) in [6, 6.07) is 9.74. The Bertz CT molecular complexity index is 489. The third kappa shape index (κ3) is 2.93. The summed E-state index contributed by atoms with van der Waals surface area (Å²) in [7, 11) is 1.55. The molecule has 0 aliphatic rings. The van der Waals surface area contributed by atoms with Gasteiger partial charge in [-0.3, -0.25) is 0 Å². The topological polar surface area (TPSA) is 18.5 Å². The number of hydrogen-bond donors (Lipinski definition) is 0. The number of halogens is 2. The third-order valence-electron chi connectivity index (χ3n) is 2.13. The number of methoxy groups -OCH3 is 1. The molecular weight excluding hydrogens is 226 g/mol. The molecule has 0 saturated heterocycles. The summed E-state index contributed by atoms with van der Waals surface area (Å²) < 4.78 is 36.1. The lowest BCUT2D eigenvalue weighted by molar-refractivity contribution is 0.412. The fourth-order valence-electron chi connectivity index (χ4n) is 1.37. The molecular formula is C13H10F2O2. The van der Waals surface area contributed by atoms with Gasteiger partial charge in [-0.1, -0.05) is 0 Å². The van der Waals surface area contributed by atoms with Gasteiger partial charge in [0.05, 0.1) is 7.11 Å². The fraction of sp³-hybridized carbons (Fsp3) is 0.0769. The molecule has 0 atom stereocenters. The lowest BCUT2D eigenvalue weighted by atomic mass is 10.3. The maximum atomic E-state index is 12.9. The van der Waals surface area contributed by atoms with Gasteiger partial charge >= 0.3 is 0 Å². The maximum Gasteiger partial charge on any atom is 0.133 e. The van der Waals surface area contributed by atoms with Crippen molar-refractivity contribution in [2.45, 2.75) is 0 Å². The highest BCUT2D eigenvalue weighted by Gasteiger charge is 2.03. The second-order valence-corrected chi connectivity index (χ2v) is 3.38. The van der Waals surface area contributed by atoms with E-state index in [-0.39, 0.29) is 5.75 Å². The van der Waals surface area contributed by atoms with E-state index in [1.165, 1.54) is 0 Å². The van der Waals surface area contributed by atoms with Gasteiger partial charge in [-0.05, 0) is 24.3 Å². The summed E-state index contributed by atoms with van der Waals surface area (Å²) in [6.45, 7) is 0. The zero-order valence-corrected chi connectivity index (χ0v) is 9.11. The van der Waals surface area contributed by atoms with Crippen molar-refractivity contribution in [3.8, 4) is 17.2 Å². The Kier molecular flexibility index (Phi) is 3.23. The van der Waals surface area contributed by atoms with Crippen molar-refractivity contribution in [3.05, 3.63) is 54.1 Å². The van der Waals surface area contributed by atoms with Gasteiger partial charge in [0.1, 0.15) is 28.9 Å². The average molecular weight is 236 g/mol. The van der Waals surface area contributed by atoms with Crippen molar-refractivity contribution in [2.75, 3.05) is 7.11 Å².